The molecule has 372 valence electrons. The molecule has 6 bridgehead atoms. The number of carbonyl (C=O) groups is 3. The van der Waals surface area contributed by atoms with Gasteiger partial charge in [-0.2, -0.15) is 67.5 Å². The quantitative estimate of drug-likeness (QED) is 0.170. The lowest BCUT2D eigenvalue weighted by atomic mass is 9.84. The number of thiazole rings is 1. The maximum atomic E-state index is 14.1. The van der Waals surface area contributed by atoms with E-state index in [0.29, 0.717) is 37.4 Å². The van der Waals surface area contributed by atoms with Gasteiger partial charge < -0.3 is 24.3 Å². The second kappa shape index (κ2) is 23.4. The number of piperazine rings is 1. The number of benzene rings is 1. The summed E-state index contributed by atoms with van der Waals surface area (Å²) < 4.78 is 41.4. The number of anilines is 1. The molecule has 5 aliphatic rings. The molecule has 2 N–H and O–H groups in total. The van der Waals surface area contributed by atoms with Crippen molar-refractivity contribution in [1.29, 1.82) is 0 Å². The molecule has 5 atom stereocenters. The Morgan fingerprint density at radius 1 is 1.04 bits per heavy atom. The zero-order valence-electron chi connectivity index (χ0n) is 38.8. The number of pyridine rings is 1. The zero-order chi connectivity index (χ0) is 43.4. The minimum Gasteiger partial charge on any atom is -0.464 e. The lowest BCUT2D eigenvalue weighted by Crippen LogP contribution is -2.60. The Bertz CT molecular complexity index is 2360. The summed E-state index contributed by atoms with van der Waals surface area (Å²) in [5.74, 6) is -3.36. The number of ether oxygens (including phenoxy) is 2. The van der Waals surface area contributed by atoms with Gasteiger partial charge in [0.2, 0.25) is 12.3 Å². The Morgan fingerprint density at radius 3 is 2.43 bits per heavy atom. The van der Waals surface area contributed by atoms with Gasteiger partial charge >= 0.3 is 5.97 Å². The van der Waals surface area contributed by atoms with Crippen molar-refractivity contribution in [3.8, 4) is 22.5 Å². The molecule has 0 unspecified atom stereocenters. The molecule has 4 aromatic rings. The van der Waals surface area contributed by atoms with Crippen LogP contribution in [0.5, 0.6) is 0 Å². The molecule has 2 amide bonds. The van der Waals surface area contributed by atoms with Crippen molar-refractivity contribution in [2.24, 2.45) is 17.3 Å². The van der Waals surface area contributed by atoms with Gasteiger partial charge in [-0.1, -0.05) is 19.9 Å². The molecule has 9 rings (SSSR count). The number of cyclic esters (lactones) is 1. The number of hydrogen-bond acceptors (Lipinski definition) is 11. The predicted octanol–water partition coefficient (Wildman–Crippen LogP) is 6.95. The van der Waals surface area contributed by atoms with E-state index in [2.05, 4.69) is 70.1 Å². The van der Waals surface area contributed by atoms with Crippen molar-refractivity contribution < 1.29 is 32.6 Å². The maximum Gasteiger partial charge on any atom is 0.324 e. The van der Waals surface area contributed by atoms with E-state index in [1.165, 1.54) is 29.2 Å². The van der Waals surface area contributed by atoms with E-state index in [1.54, 1.807) is 7.11 Å². The van der Waals surface area contributed by atoms with E-state index in [1.807, 2.05) is 18.5 Å². The third-order valence-corrected chi connectivity index (χ3v) is 14.3. The highest BCUT2D eigenvalue weighted by molar-refractivity contribution is 7.60. The summed E-state index contributed by atoms with van der Waals surface area (Å²) in [6.07, 6.45) is 3.42. The van der Waals surface area contributed by atoms with E-state index in [9.17, 15) is 23.2 Å². The first-order valence-corrected chi connectivity index (χ1v) is 23.1. The Kier molecular flexibility index (Phi) is 19.9. The minimum atomic E-state index is -2.60. The van der Waals surface area contributed by atoms with Crippen LogP contribution >= 0.6 is 78.8 Å². The molecule has 13 nitrogen and oxygen atoms in total. The van der Waals surface area contributed by atoms with Crippen LogP contribution in [0.3, 0.4) is 0 Å². The number of nitrogens with one attached hydrogen (secondary N) is 2. The van der Waals surface area contributed by atoms with Crippen LogP contribution in [0, 0.1) is 17.3 Å². The van der Waals surface area contributed by atoms with Crippen LogP contribution in [0.2, 0.25) is 0 Å². The maximum absolute atomic E-state index is 14.1. The number of hydrazine groups is 1. The first-order chi connectivity index (χ1) is 29.8. The molecule has 67 heavy (non-hydrogen) atoms. The predicted molar refractivity (Wildman–Crippen MR) is 286 cm³/mol. The summed E-state index contributed by atoms with van der Waals surface area (Å²) >= 11 is 1.38. The number of amides is 2. The molecule has 2 saturated carbocycles. The highest BCUT2D eigenvalue weighted by atomic mass is 32.1. The van der Waals surface area contributed by atoms with Crippen molar-refractivity contribution in [3.63, 3.8) is 0 Å². The van der Waals surface area contributed by atoms with E-state index < -0.39 is 53.5 Å². The van der Waals surface area contributed by atoms with Gasteiger partial charge in [0.25, 0.3) is 5.91 Å². The molecule has 0 spiro atoms. The Labute approximate surface area is 431 Å². The van der Waals surface area contributed by atoms with Gasteiger partial charge in [0.05, 0.1) is 46.7 Å². The molecule has 4 fully saturated rings. The number of alkyl halides is 2. The second-order valence-electron chi connectivity index (χ2n) is 18.6. The summed E-state index contributed by atoms with van der Waals surface area (Å²) in [6.45, 7) is 13.5. The van der Waals surface area contributed by atoms with Crippen LogP contribution in [0.15, 0.2) is 35.8 Å². The van der Waals surface area contributed by atoms with Crippen LogP contribution < -0.4 is 15.6 Å². The summed E-state index contributed by atoms with van der Waals surface area (Å²) in [4.78, 5) is 56.4. The third-order valence-electron chi connectivity index (χ3n) is 13.5. The minimum absolute atomic E-state index is 0. The summed E-state index contributed by atoms with van der Waals surface area (Å²) in [7, 11) is 1.71. The van der Waals surface area contributed by atoms with Crippen molar-refractivity contribution in [1.82, 2.24) is 35.2 Å². The number of nitrogens with zero attached hydrogens (tertiary/aromatic N) is 6. The Balaban J connectivity index is 0.00000196. The summed E-state index contributed by atoms with van der Waals surface area (Å²) in [5.41, 5.74) is 10.4. The summed E-state index contributed by atoms with van der Waals surface area (Å²) in [5, 5.41) is 7.78. The average Bonchev–Trinajstić information content (AvgIpc) is 4.22. The number of rotatable bonds is 9. The van der Waals surface area contributed by atoms with E-state index in [0.717, 1.165) is 82.6 Å². The topological polar surface area (TPSA) is 134 Å². The van der Waals surface area contributed by atoms with E-state index in [-0.39, 0.29) is 93.0 Å². The fourth-order valence-corrected chi connectivity index (χ4v) is 10.5. The van der Waals surface area contributed by atoms with Crippen molar-refractivity contribution >= 4 is 113 Å². The van der Waals surface area contributed by atoms with E-state index in [4.69, 9.17) is 19.4 Å². The molecular formula is C46H68F2N8O5S6. The third kappa shape index (κ3) is 12.1. The first kappa shape index (κ1) is 56.8. The molecule has 3 aromatic heterocycles. The van der Waals surface area contributed by atoms with Gasteiger partial charge in [-0.25, -0.2) is 19.2 Å². The van der Waals surface area contributed by atoms with Gasteiger partial charge in [-0.15, -0.1) is 11.3 Å². The smallest absolute Gasteiger partial charge is 0.324 e. The van der Waals surface area contributed by atoms with Crippen molar-refractivity contribution in [2.75, 3.05) is 51.3 Å². The van der Waals surface area contributed by atoms with E-state index >= 15 is 0 Å². The number of halogens is 2. The molecule has 3 aliphatic heterocycles. The Hall–Kier alpha value is -2.76. The number of carbonyl (C=O) groups excluding carboxylic acids is 3. The van der Waals surface area contributed by atoms with Gasteiger partial charge in [-0.3, -0.25) is 29.3 Å². The largest absolute Gasteiger partial charge is 0.464 e. The summed E-state index contributed by atoms with van der Waals surface area (Å²) in [6, 6.07) is 7.56. The first-order valence-electron chi connectivity index (χ1n) is 22.3. The van der Waals surface area contributed by atoms with Gasteiger partial charge in [0.15, 0.2) is 0 Å². The van der Waals surface area contributed by atoms with Crippen LogP contribution in [-0.2, 0) is 43.2 Å². The molecule has 1 aromatic carbocycles. The molecule has 2 aliphatic carbocycles. The van der Waals surface area contributed by atoms with Gasteiger partial charge in [-0.05, 0) is 76.1 Å². The SMILES string of the molecule is CCn1c(-c2cc(N3CCN(C4CC4)CC3)cnc2[C@H](C)OC)c2c3cc(ccc31)-c1csc(n1)C[C@H](NC(=O)[C@H]1C[C@@H]1C(F)F)C(=O)N1CCC[C@H](N1)C(=O)OCC(C)(C)C2.S.S.S.S.S. The molecule has 21 heteroatoms. The number of esters is 1. The molecule has 0 radical (unpaired) electrons. The normalized spacial score (nSPS) is 23.3. The number of fused-ring (bicyclic) bond motifs is 6. The van der Waals surface area contributed by atoms with Crippen LogP contribution in [-0.4, -0.2) is 113 Å². The lowest BCUT2D eigenvalue weighted by Gasteiger charge is -2.36. The van der Waals surface area contributed by atoms with Crippen molar-refractivity contribution in [2.45, 2.75) is 110 Å². The fourth-order valence-electron chi connectivity index (χ4n) is 9.63. The number of aryl methyl sites for hydroxylation is 1. The monoisotopic (exact) mass is 1040 g/mol. The lowest BCUT2D eigenvalue weighted by molar-refractivity contribution is -0.155. The zero-order valence-corrected chi connectivity index (χ0v) is 44.6. The Morgan fingerprint density at radius 2 is 1.78 bits per heavy atom. The van der Waals surface area contributed by atoms with Crippen LogP contribution in [0.25, 0.3) is 33.4 Å². The standard InChI is InChI=1S/C46H58F2N8O5S.5H2S/c1-6-55-38-12-9-27-18-30(38)34(41(55)33-19-29(23-49-40(33)26(2)60-5)54-16-14-53(15-17-54)28-10-11-28)22-46(3,4)25-61-45(59)35-8-7-13-56(52-35)44(58)36(21-39-50-37(27)24-62-39)51-43(57)32-20-31(32)42(47)48;;;;;/h9,12,18-19,23-24,26,28,31-32,35-36,42,52H,6-8,10-11,13-17,20-22,25H2,1-5H3,(H,51,57);5*1H2/t26-,31-,32-,35-,36-;;;;;/m0...../s1. The van der Waals surface area contributed by atoms with Gasteiger partial charge in [0.1, 0.15) is 12.1 Å². The van der Waals surface area contributed by atoms with Crippen molar-refractivity contribution in [3.05, 3.63) is 52.1 Å². The van der Waals surface area contributed by atoms with Crippen LogP contribution in [0.1, 0.15) is 82.2 Å². The number of methoxy groups -OCH3 is 1. The van der Waals surface area contributed by atoms with Crippen LogP contribution in [0.4, 0.5) is 14.5 Å². The highest BCUT2D eigenvalue weighted by Gasteiger charge is 2.50. The number of aromatic nitrogens is 3. The highest BCUT2D eigenvalue weighted by Crippen LogP contribution is 2.45. The van der Waals surface area contributed by atoms with Gasteiger partial charge in [0, 0.05) is 104 Å². The molecular weight excluding hydrogens is 975 g/mol. The molecule has 6 heterocycles. The number of hydrogen-bond donors (Lipinski definition) is 2. The molecule has 2 saturated heterocycles. The second-order valence-corrected chi connectivity index (χ2v) is 19.5. The average molecular weight is 1040 g/mol. The fraction of sp³-hybridized carbons (Fsp3) is 0.587.